The molecule has 0 bridgehead atoms. The van der Waals surface area contributed by atoms with E-state index >= 15 is 0 Å². The lowest BCUT2D eigenvalue weighted by atomic mass is 9.78. The molecule has 0 unspecified atom stereocenters. The highest BCUT2D eigenvalue weighted by Gasteiger charge is 2.31. The Morgan fingerprint density at radius 1 is 1.44 bits per heavy atom. The van der Waals surface area contributed by atoms with E-state index in [9.17, 15) is 4.79 Å². The van der Waals surface area contributed by atoms with Crippen molar-refractivity contribution < 1.29 is 4.79 Å². The highest BCUT2D eigenvalue weighted by atomic mass is 16.1. The van der Waals surface area contributed by atoms with Crippen LogP contribution in [-0.2, 0) is 0 Å². The van der Waals surface area contributed by atoms with Gasteiger partial charge in [0.05, 0.1) is 11.4 Å². The van der Waals surface area contributed by atoms with Crippen LogP contribution in [0.15, 0.2) is 18.2 Å². The minimum atomic E-state index is -0.0562. The average molecular weight is 247 g/mol. The first-order valence-electron chi connectivity index (χ1n) is 6.50. The maximum absolute atomic E-state index is 11.8. The van der Waals surface area contributed by atoms with Crippen molar-refractivity contribution in [3.63, 3.8) is 0 Å². The van der Waals surface area contributed by atoms with Crippen molar-refractivity contribution in [2.45, 2.75) is 38.6 Å². The molecule has 1 fully saturated rings. The maximum atomic E-state index is 11.8. The van der Waals surface area contributed by atoms with Crippen LogP contribution < -0.4 is 16.4 Å². The SMILES string of the molecule is CCNC(=O)c1ccc(N)c(NC2(C)CCC2)c1. The molecule has 0 radical (unpaired) electrons. The van der Waals surface area contributed by atoms with Crippen LogP contribution in [0.1, 0.15) is 43.5 Å². The Morgan fingerprint density at radius 2 is 2.17 bits per heavy atom. The van der Waals surface area contributed by atoms with E-state index < -0.39 is 0 Å². The van der Waals surface area contributed by atoms with Gasteiger partial charge in [-0.25, -0.2) is 0 Å². The Hall–Kier alpha value is -1.71. The minimum Gasteiger partial charge on any atom is -0.397 e. The second-order valence-electron chi connectivity index (χ2n) is 5.20. The number of nitrogens with two attached hydrogens (primary N) is 1. The molecule has 98 valence electrons. The summed E-state index contributed by atoms with van der Waals surface area (Å²) < 4.78 is 0. The number of amides is 1. The Labute approximate surface area is 108 Å². The van der Waals surface area contributed by atoms with Crippen LogP contribution >= 0.6 is 0 Å². The van der Waals surface area contributed by atoms with Crippen molar-refractivity contribution in [3.05, 3.63) is 23.8 Å². The lowest BCUT2D eigenvalue weighted by Gasteiger charge is -2.40. The maximum Gasteiger partial charge on any atom is 0.251 e. The lowest BCUT2D eigenvalue weighted by molar-refractivity contribution is 0.0956. The van der Waals surface area contributed by atoms with E-state index in [0.29, 0.717) is 17.8 Å². The summed E-state index contributed by atoms with van der Waals surface area (Å²) >= 11 is 0. The summed E-state index contributed by atoms with van der Waals surface area (Å²) in [4.78, 5) is 11.8. The zero-order chi connectivity index (χ0) is 13.2. The van der Waals surface area contributed by atoms with Crippen LogP contribution in [0.25, 0.3) is 0 Å². The standard InChI is InChI=1S/C14H21N3O/c1-3-16-13(18)10-5-6-11(15)12(9-10)17-14(2)7-4-8-14/h5-6,9,17H,3-4,7-8,15H2,1-2H3,(H,16,18). The molecule has 2 rings (SSSR count). The highest BCUT2D eigenvalue weighted by molar-refractivity contribution is 5.96. The Balaban J connectivity index is 2.18. The quantitative estimate of drug-likeness (QED) is 0.716. The number of anilines is 2. The van der Waals surface area contributed by atoms with Crippen LogP contribution in [-0.4, -0.2) is 18.0 Å². The number of nitrogens with one attached hydrogen (secondary N) is 2. The lowest BCUT2D eigenvalue weighted by Crippen LogP contribution is -2.41. The third-order valence-corrected chi connectivity index (χ3v) is 3.55. The number of rotatable bonds is 4. The van der Waals surface area contributed by atoms with Crippen molar-refractivity contribution in [2.75, 3.05) is 17.6 Å². The van der Waals surface area contributed by atoms with Crippen molar-refractivity contribution >= 4 is 17.3 Å². The predicted molar refractivity (Wildman–Crippen MR) is 74.7 cm³/mol. The van der Waals surface area contributed by atoms with Gasteiger partial charge in [-0.05, 0) is 51.3 Å². The summed E-state index contributed by atoms with van der Waals surface area (Å²) in [5.74, 6) is -0.0562. The van der Waals surface area contributed by atoms with Gasteiger partial charge >= 0.3 is 0 Å². The normalized spacial score (nSPS) is 16.8. The van der Waals surface area contributed by atoms with Gasteiger partial charge in [-0.1, -0.05) is 0 Å². The number of carbonyl (C=O) groups is 1. The first kappa shape index (κ1) is 12.7. The molecule has 0 heterocycles. The second kappa shape index (κ2) is 4.88. The molecular weight excluding hydrogens is 226 g/mol. The van der Waals surface area contributed by atoms with Gasteiger partial charge in [0.2, 0.25) is 0 Å². The fourth-order valence-corrected chi connectivity index (χ4v) is 2.23. The van der Waals surface area contributed by atoms with Crippen LogP contribution in [0.3, 0.4) is 0 Å². The summed E-state index contributed by atoms with van der Waals surface area (Å²) in [7, 11) is 0. The van der Waals surface area contributed by atoms with Crippen LogP contribution in [0.4, 0.5) is 11.4 Å². The van der Waals surface area contributed by atoms with Crippen molar-refractivity contribution in [1.29, 1.82) is 0 Å². The molecule has 0 spiro atoms. The highest BCUT2D eigenvalue weighted by Crippen LogP contribution is 2.36. The van der Waals surface area contributed by atoms with E-state index in [1.165, 1.54) is 6.42 Å². The largest absolute Gasteiger partial charge is 0.397 e. The number of benzene rings is 1. The van der Waals surface area contributed by atoms with E-state index in [4.69, 9.17) is 5.73 Å². The molecular formula is C14H21N3O. The fourth-order valence-electron chi connectivity index (χ4n) is 2.23. The number of nitrogen functional groups attached to an aromatic ring is 1. The van der Waals surface area contributed by atoms with Crippen molar-refractivity contribution in [2.24, 2.45) is 0 Å². The summed E-state index contributed by atoms with van der Waals surface area (Å²) in [6.45, 7) is 4.72. The van der Waals surface area contributed by atoms with Crippen LogP contribution in [0.2, 0.25) is 0 Å². The number of hydrogen-bond donors (Lipinski definition) is 3. The number of hydrogen-bond acceptors (Lipinski definition) is 3. The zero-order valence-electron chi connectivity index (χ0n) is 11.0. The molecule has 0 atom stereocenters. The fraction of sp³-hybridized carbons (Fsp3) is 0.500. The number of carbonyl (C=O) groups excluding carboxylic acids is 1. The van der Waals surface area contributed by atoms with Gasteiger partial charge < -0.3 is 16.4 Å². The van der Waals surface area contributed by atoms with Gasteiger partial charge in [0.1, 0.15) is 0 Å². The molecule has 1 aliphatic rings. The average Bonchev–Trinajstić information content (AvgIpc) is 2.30. The van der Waals surface area contributed by atoms with Crippen LogP contribution in [0, 0.1) is 0 Å². The Kier molecular flexibility index (Phi) is 3.45. The Bertz CT molecular complexity index is 452. The molecule has 4 nitrogen and oxygen atoms in total. The third kappa shape index (κ3) is 2.58. The van der Waals surface area contributed by atoms with E-state index in [0.717, 1.165) is 18.5 Å². The topological polar surface area (TPSA) is 67.2 Å². The molecule has 0 aliphatic heterocycles. The van der Waals surface area contributed by atoms with Crippen molar-refractivity contribution in [3.8, 4) is 0 Å². The van der Waals surface area contributed by atoms with Crippen molar-refractivity contribution in [1.82, 2.24) is 5.32 Å². The van der Waals surface area contributed by atoms with Gasteiger partial charge in [0.15, 0.2) is 0 Å². The van der Waals surface area contributed by atoms with Gasteiger partial charge in [-0.15, -0.1) is 0 Å². The first-order valence-corrected chi connectivity index (χ1v) is 6.50. The monoisotopic (exact) mass is 247 g/mol. The van der Waals surface area contributed by atoms with Gasteiger partial charge in [0, 0.05) is 17.6 Å². The Morgan fingerprint density at radius 3 is 2.72 bits per heavy atom. The van der Waals surface area contributed by atoms with E-state index in [1.54, 1.807) is 12.1 Å². The van der Waals surface area contributed by atoms with Gasteiger partial charge in [-0.3, -0.25) is 4.79 Å². The molecule has 4 heteroatoms. The molecule has 0 aromatic heterocycles. The summed E-state index contributed by atoms with van der Waals surface area (Å²) in [6.07, 6.45) is 3.55. The third-order valence-electron chi connectivity index (χ3n) is 3.55. The molecule has 18 heavy (non-hydrogen) atoms. The van der Waals surface area contributed by atoms with E-state index in [1.807, 2.05) is 13.0 Å². The first-order chi connectivity index (χ1) is 8.54. The summed E-state index contributed by atoms with van der Waals surface area (Å²) in [5.41, 5.74) is 8.29. The summed E-state index contributed by atoms with van der Waals surface area (Å²) in [6, 6.07) is 5.38. The van der Waals surface area contributed by atoms with E-state index in [-0.39, 0.29) is 11.4 Å². The molecule has 0 saturated heterocycles. The molecule has 1 amide bonds. The summed E-state index contributed by atoms with van der Waals surface area (Å²) in [5, 5.41) is 6.25. The second-order valence-corrected chi connectivity index (χ2v) is 5.20. The van der Waals surface area contributed by atoms with E-state index in [2.05, 4.69) is 17.6 Å². The zero-order valence-corrected chi connectivity index (χ0v) is 11.0. The van der Waals surface area contributed by atoms with Crippen LogP contribution in [0.5, 0.6) is 0 Å². The molecule has 4 N–H and O–H groups in total. The predicted octanol–water partition coefficient (Wildman–Crippen LogP) is 2.37. The van der Waals surface area contributed by atoms with Gasteiger partial charge in [0.25, 0.3) is 5.91 Å². The molecule has 1 aliphatic carbocycles. The molecule has 1 aromatic rings. The molecule has 1 aromatic carbocycles. The van der Waals surface area contributed by atoms with Gasteiger partial charge in [-0.2, -0.15) is 0 Å². The smallest absolute Gasteiger partial charge is 0.251 e. The molecule has 1 saturated carbocycles. The minimum absolute atomic E-state index is 0.0562.